The fourth-order valence-corrected chi connectivity index (χ4v) is 0. The molecule has 0 rings (SSSR count). The van der Waals surface area contributed by atoms with Gasteiger partial charge in [-0.1, -0.05) is 0 Å². The number of alkyl halides is 3. The van der Waals surface area contributed by atoms with Crippen molar-refractivity contribution in [2.45, 2.75) is 5.51 Å². The first-order valence-corrected chi connectivity index (χ1v) is 2.73. The van der Waals surface area contributed by atoms with Gasteiger partial charge in [-0.3, -0.25) is 4.55 Å². The molecule has 0 fully saturated rings. The van der Waals surface area contributed by atoms with Crippen LogP contribution in [0.2, 0.25) is 0 Å². The van der Waals surface area contributed by atoms with E-state index in [1.54, 1.807) is 0 Å². The summed E-state index contributed by atoms with van der Waals surface area (Å²) in [6.07, 6.45) is 0. The molecule has 0 amide bonds. The fraction of sp³-hybridized carbons (Fsp3) is 1.00. The van der Waals surface area contributed by atoms with Crippen LogP contribution < -0.4 is 0 Å². The Morgan fingerprint density at radius 2 is 1.33 bits per heavy atom. The van der Waals surface area contributed by atoms with Gasteiger partial charge in [0.15, 0.2) is 0 Å². The predicted molar refractivity (Wildman–Crippen MR) is 20.4 cm³/mol. The van der Waals surface area contributed by atoms with E-state index in [0.29, 0.717) is 0 Å². The minimum atomic E-state index is -5.84. The van der Waals surface area contributed by atoms with Gasteiger partial charge in [0, 0.05) is 0 Å². The van der Waals surface area contributed by atoms with Crippen LogP contribution in [-0.4, -0.2) is 18.5 Å². The summed E-state index contributed by atoms with van der Waals surface area (Å²) in [7, 11) is -5.84. The molecule has 0 unspecified atom stereocenters. The molecule has 0 saturated carbocycles. The molecule has 3 nitrogen and oxygen atoms in total. The van der Waals surface area contributed by atoms with Crippen molar-refractivity contribution in [1.82, 2.24) is 0 Å². The second-order valence-corrected chi connectivity index (χ2v) is 2.33. The van der Waals surface area contributed by atoms with Crippen LogP contribution in [0.3, 0.4) is 0 Å². The predicted octanol–water partition coefficient (Wildman–Crippen LogP) is -0.141. The van der Waals surface area contributed by atoms with Gasteiger partial charge in [-0.2, -0.15) is 21.6 Å². The molecule has 0 aromatic rings. The van der Waals surface area contributed by atoms with Crippen LogP contribution in [0.15, 0.2) is 0 Å². The molecule has 8 heteroatoms. The van der Waals surface area contributed by atoms with Crippen molar-refractivity contribution in [3.8, 4) is 0 Å². The summed E-state index contributed by atoms with van der Waals surface area (Å²) in [5.41, 5.74) is -5.53. The van der Waals surface area contributed by atoms with Crippen LogP contribution >= 0.6 is 0 Å². The summed E-state index contributed by atoms with van der Waals surface area (Å²) in [6.45, 7) is 0. The van der Waals surface area contributed by atoms with Crippen LogP contribution in [0.4, 0.5) is 13.2 Å². The normalized spacial score (nSPS) is 12.4. The first-order chi connectivity index (χ1) is 3.25. The molecule has 0 aromatic heterocycles. The molecule has 0 heterocycles. The van der Waals surface area contributed by atoms with Gasteiger partial charge in [0.1, 0.15) is 0 Å². The molecule has 0 atom stereocenters. The molecule has 0 aliphatic rings. The maximum atomic E-state index is 10.7. The van der Waals surface area contributed by atoms with E-state index in [-0.39, 0.29) is 45.0 Å². The van der Waals surface area contributed by atoms with E-state index in [9.17, 15) is 13.2 Å². The van der Waals surface area contributed by atoms with E-state index < -0.39 is 15.6 Å². The summed E-state index contributed by atoms with van der Waals surface area (Å²) >= 11 is 0. The van der Waals surface area contributed by atoms with Gasteiger partial charge in [-0.15, -0.1) is 0 Å². The first kappa shape index (κ1) is 12.8. The molecule has 0 bridgehead atoms. The zero-order valence-electron chi connectivity index (χ0n) is 3.31. The molecule has 9 heavy (non-hydrogen) atoms. The Morgan fingerprint density at radius 3 is 1.33 bits per heavy atom. The third-order valence-electron chi connectivity index (χ3n) is 0.292. The number of hydrogen-bond donors (Lipinski definition) is 1. The number of rotatable bonds is 0. The van der Waals surface area contributed by atoms with Crippen LogP contribution in [0.25, 0.3) is 0 Å². The molecule has 1 N–H and O–H groups in total. The van der Waals surface area contributed by atoms with E-state index in [4.69, 9.17) is 13.0 Å². The van der Waals surface area contributed by atoms with Crippen LogP contribution in [0.1, 0.15) is 0 Å². The molecular formula is CH3F3O3RaS. The Balaban J connectivity index is 0. The van der Waals surface area contributed by atoms with Gasteiger partial charge in [0.25, 0.3) is 0 Å². The zero-order valence-corrected chi connectivity index (χ0v) is 4.12. The molecule has 0 aliphatic carbocycles. The minimum absolute atomic E-state index is 0. The van der Waals surface area contributed by atoms with Crippen LogP contribution in [0.5, 0.6) is 0 Å². The van der Waals surface area contributed by atoms with Crippen molar-refractivity contribution in [3.63, 3.8) is 0 Å². The van der Waals surface area contributed by atoms with E-state index >= 15 is 0 Å². The quantitative estimate of drug-likeness (QED) is 0.472. The Kier molecular flexibility index (Phi) is 5.02. The first-order valence-electron chi connectivity index (χ1n) is 1.29. The Bertz CT molecular complexity index is 168. The molecular weight excluding hydrogens is 375 g/mol. The summed E-state index contributed by atoms with van der Waals surface area (Å²) < 4.78 is 57.5. The summed E-state index contributed by atoms with van der Waals surface area (Å²) in [5, 5.41) is 0. The van der Waals surface area contributed by atoms with Crippen LogP contribution in [-0.2, 0) is 10.1 Å². The molecule has 0 aromatic carbocycles. The topological polar surface area (TPSA) is 54.4 Å². The SMILES string of the molecule is O=S(=O)(O)C(F)(F)F.[RaH2]. The van der Waals surface area contributed by atoms with Gasteiger partial charge in [0.05, 0.1) is 0 Å². The zero-order chi connectivity index (χ0) is 7.00. The van der Waals surface area contributed by atoms with E-state index in [0.717, 1.165) is 0 Å². The molecule has 54 valence electrons. The van der Waals surface area contributed by atoms with Gasteiger partial charge in [-0.25, -0.2) is 0 Å². The second kappa shape index (κ2) is 3.53. The van der Waals surface area contributed by atoms with Crippen molar-refractivity contribution in [2.75, 3.05) is 0 Å². The fourth-order valence-electron chi connectivity index (χ4n) is 0. The molecule has 0 spiro atoms. The summed E-state index contributed by atoms with van der Waals surface area (Å²) in [6, 6.07) is 0. The Hall–Kier alpha value is 1.17. The van der Waals surface area contributed by atoms with Gasteiger partial charge < -0.3 is 0 Å². The number of hydrogen-bond acceptors (Lipinski definition) is 2. The Morgan fingerprint density at radius 1 is 1.22 bits per heavy atom. The van der Waals surface area contributed by atoms with Crippen molar-refractivity contribution in [2.24, 2.45) is 0 Å². The monoisotopic (exact) mass is 378 g/mol. The molecule has 0 saturated heterocycles. The van der Waals surface area contributed by atoms with E-state index in [1.165, 1.54) is 0 Å². The third kappa shape index (κ3) is 4.56. The maximum absolute atomic E-state index is 10.7. The summed E-state index contributed by atoms with van der Waals surface area (Å²) in [5.74, 6) is 0. The second-order valence-electron chi connectivity index (χ2n) is 0.921. The third-order valence-corrected chi connectivity index (χ3v) is 0.877. The van der Waals surface area contributed by atoms with Crippen LogP contribution in [0, 0.1) is 45.0 Å². The average Bonchev–Trinajstić information content (AvgIpc) is 1.25. The van der Waals surface area contributed by atoms with E-state index in [2.05, 4.69) is 0 Å². The Labute approximate surface area is 85.8 Å². The van der Waals surface area contributed by atoms with Crippen molar-refractivity contribution in [3.05, 3.63) is 0 Å². The van der Waals surface area contributed by atoms with Gasteiger partial charge in [0.2, 0.25) is 0 Å². The average molecular weight is 378 g/mol. The van der Waals surface area contributed by atoms with Crippen molar-refractivity contribution >= 4 is 10.1 Å². The molecule has 0 radical (unpaired) electrons. The number of halogens is 3. The van der Waals surface area contributed by atoms with Gasteiger partial charge in [-0.05, 0) is 0 Å². The van der Waals surface area contributed by atoms with E-state index in [1.807, 2.05) is 0 Å². The van der Waals surface area contributed by atoms with Crippen molar-refractivity contribution in [1.29, 1.82) is 0 Å². The van der Waals surface area contributed by atoms with Gasteiger partial charge >= 0.3 is 60.6 Å². The summed E-state index contributed by atoms with van der Waals surface area (Å²) in [4.78, 5) is 0. The van der Waals surface area contributed by atoms with Crippen molar-refractivity contribution < 1.29 is 71.1 Å². The standard InChI is InChI=1S/CHF3O3S.Ra.2H/c2-1(3,4)8(5,6)7;;;/h(H,5,6,7);;;. The molecule has 0 aliphatic heterocycles.